The molecule has 1 fully saturated rings. The van der Waals surface area contributed by atoms with Gasteiger partial charge >= 0.3 is 0 Å². The van der Waals surface area contributed by atoms with Gasteiger partial charge in [-0.3, -0.25) is 4.79 Å². The van der Waals surface area contributed by atoms with E-state index in [1.165, 1.54) is 5.56 Å². The molecule has 1 aromatic heterocycles. The number of nitrogens with zero attached hydrogens (tertiary/aromatic N) is 4. The fraction of sp³-hybridized carbons (Fsp3) is 0.440. The third-order valence-electron chi connectivity index (χ3n) is 7.08. The number of fused-ring (bicyclic) bond motifs is 3. The molecule has 0 aliphatic carbocycles. The van der Waals surface area contributed by atoms with Crippen molar-refractivity contribution in [3.63, 3.8) is 0 Å². The minimum Gasteiger partial charge on any atom is -0.396 e. The lowest BCUT2D eigenvalue weighted by Crippen LogP contribution is -2.47. The summed E-state index contributed by atoms with van der Waals surface area (Å²) in [6.07, 6.45) is 3.33. The molecule has 168 valence electrons. The number of benzene rings is 2. The number of carbonyl (C=O) groups is 1. The van der Waals surface area contributed by atoms with Crippen LogP contribution in [0.15, 0.2) is 46.9 Å². The van der Waals surface area contributed by atoms with Crippen molar-refractivity contribution in [2.75, 3.05) is 31.6 Å². The molecule has 1 amide bonds. The molecule has 0 bridgehead atoms. The second kappa shape index (κ2) is 8.61. The standard InChI is InChI=1S/C25H29BrN4O2/c1-28-13-10-25(11-14-28)19-6-2-3-7-21(19)30(24(25)32)17-23-27-20-16-18(26)8-9-22(20)29(23)12-4-5-15-31/h2-3,6-9,16,31H,4-5,10-15,17H2,1H3. The molecule has 1 spiro atoms. The Morgan fingerprint density at radius 2 is 1.91 bits per heavy atom. The summed E-state index contributed by atoms with van der Waals surface area (Å²) >= 11 is 3.55. The van der Waals surface area contributed by atoms with E-state index in [-0.39, 0.29) is 12.5 Å². The molecule has 2 aliphatic heterocycles. The van der Waals surface area contributed by atoms with Gasteiger partial charge in [0.05, 0.1) is 23.0 Å². The lowest BCUT2D eigenvalue weighted by atomic mass is 9.74. The maximum Gasteiger partial charge on any atom is 0.238 e. The van der Waals surface area contributed by atoms with Gasteiger partial charge < -0.3 is 19.5 Å². The lowest BCUT2D eigenvalue weighted by molar-refractivity contribution is -0.124. The fourth-order valence-corrected chi connectivity index (χ4v) is 5.63. The highest BCUT2D eigenvalue weighted by Crippen LogP contribution is 2.48. The maximum atomic E-state index is 13.9. The van der Waals surface area contributed by atoms with Crippen LogP contribution in [-0.4, -0.2) is 52.2 Å². The summed E-state index contributed by atoms with van der Waals surface area (Å²) in [6.45, 7) is 3.28. The van der Waals surface area contributed by atoms with Crippen LogP contribution in [0.2, 0.25) is 0 Å². The largest absolute Gasteiger partial charge is 0.396 e. The number of aliphatic hydroxyl groups excluding tert-OH is 1. The van der Waals surface area contributed by atoms with Crippen LogP contribution >= 0.6 is 15.9 Å². The minimum atomic E-state index is -0.417. The molecule has 0 unspecified atom stereocenters. The monoisotopic (exact) mass is 496 g/mol. The molecule has 3 aromatic rings. The van der Waals surface area contributed by atoms with Crippen molar-refractivity contribution in [2.45, 2.75) is 44.2 Å². The Hall–Kier alpha value is -2.22. The molecule has 1 N–H and O–H groups in total. The summed E-state index contributed by atoms with van der Waals surface area (Å²) in [5, 5.41) is 9.26. The number of hydrogen-bond acceptors (Lipinski definition) is 4. The molecule has 5 rings (SSSR count). The first kappa shape index (κ1) is 21.6. The Labute approximate surface area is 197 Å². The number of amides is 1. The van der Waals surface area contributed by atoms with E-state index >= 15 is 0 Å². The van der Waals surface area contributed by atoms with Gasteiger partial charge in [-0.2, -0.15) is 0 Å². The first-order chi connectivity index (χ1) is 15.5. The van der Waals surface area contributed by atoms with E-state index in [1.54, 1.807) is 0 Å². The molecule has 2 aromatic carbocycles. The van der Waals surface area contributed by atoms with Crippen LogP contribution in [0, 0.1) is 0 Å². The average Bonchev–Trinajstić information content (AvgIpc) is 3.24. The number of hydrogen-bond donors (Lipinski definition) is 1. The van der Waals surface area contributed by atoms with Gasteiger partial charge in [-0.15, -0.1) is 0 Å². The second-order valence-electron chi connectivity index (χ2n) is 9.04. The normalized spacial score (nSPS) is 18.1. The van der Waals surface area contributed by atoms with E-state index in [4.69, 9.17) is 4.98 Å². The first-order valence-corrected chi connectivity index (χ1v) is 12.2. The molecule has 0 saturated carbocycles. The predicted octanol–water partition coefficient (Wildman–Crippen LogP) is 4.08. The average molecular weight is 497 g/mol. The molecule has 7 heteroatoms. The highest BCUT2D eigenvalue weighted by Gasteiger charge is 2.51. The van der Waals surface area contributed by atoms with Gasteiger partial charge in [-0.1, -0.05) is 34.1 Å². The van der Waals surface area contributed by atoms with E-state index in [9.17, 15) is 9.90 Å². The summed E-state index contributed by atoms with van der Waals surface area (Å²) in [5.41, 5.74) is 3.77. The number of anilines is 1. The molecule has 2 aliphatic rings. The van der Waals surface area contributed by atoms with Crippen LogP contribution in [0.1, 0.15) is 37.1 Å². The number of unbranched alkanes of at least 4 members (excludes halogenated alkanes) is 1. The zero-order valence-electron chi connectivity index (χ0n) is 18.4. The van der Waals surface area contributed by atoms with E-state index in [2.05, 4.69) is 56.7 Å². The van der Waals surface area contributed by atoms with Gasteiger partial charge in [-0.05, 0) is 75.6 Å². The topological polar surface area (TPSA) is 61.6 Å². The van der Waals surface area contributed by atoms with Crippen molar-refractivity contribution in [1.29, 1.82) is 0 Å². The number of aryl methyl sites for hydroxylation is 1. The summed E-state index contributed by atoms with van der Waals surface area (Å²) in [4.78, 5) is 23.1. The van der Waals surface area contributed by atoms with E-state index in [1.807, 2.05) is 23.1 Å². The Balaban J connectivity index is 1.53. The van der Waals surface area contributed by atoms with Crippen molar-refractivity contribution in [3.05, 3.63) is 58.3 Å². The third kappa shape index (κ3) is 3.56. The van der Waals surface area contributed by atoms with Crippen molar-refractivity contribution < 1.29 is 9.90 Å². The van der Waals surface area contributed by atoms with Gasteiger partial charge in [-0.25, -0.2) is 4.98 Å². The number of carbonyl (C=O) groups excluding carboxylic acids is 1. The Kier molecular flexibility index (Phi) is 5.82. The van der Waals surface area contributed by atoms with Crippen LogP contribution < -0.4 is 4.90 Å². The molecule has 0 radical (unpaired) electrons. The summed E-state index contributed by atoms with van der Waals surface area (Å²) < 4.78 is 3.21. The maximum absolute atomic E-state index is 13.9. The summed E-state index contributed by atoms with van der Waals surface area (Å²) in [6, 6.07) is 14.4. The van der Waals surface area contributed by atoms with E-state index in [0.717, 1.165) is 72.3 Å². The highest BCUT2D eigenvalue weighted by atomic mass is 79.9. The van der Waals surface area contributed by atoms with Crippen LogP contribution in [0.5, 0.6) is 0 Å². The predicted molar refractivity (Wildman–Crippen MR) is 130 cm³/mol. The van der Waals surface area contributed by atoms with Crippen LogP contribution in [-0.2, 0) is 23.3 Å². The molecule has 0 atom stereocenters. The SMILES string of the molecule is CN1CCC2(CC1)C(=O)N(Cc1nc3cc(Br)ccc3n1CCCCO)c1ccccc12. The van der Waals surface area contributed by atoms with Gasteiger partial charge in [0.15, 0.2) is 0 Å². The molecule has 3 heterocycles. The highest BCUT2D eigenvalue weighted by molar-refractivity contribution is 9.10. The summed E-state index contributed by atoms with van der Waals surface area (Å²) in [7, 11) is 2.13. The van der Waals surface area contributed by atoms with Gasteiger partial charge in [0.2, 0.25) is 5.91 Å². The summed E-state index contributed by atoms with van der Waals surface area (Å²) in [5.74, 6) is 1.10. The number of para-hydroxylation sites is 1. The van der Waals surface area contributed by atoms with Crippen LogP contribution in [0.3, 0.4) is 0 Å². The minimum absolute atomic E-state index is 0.183. The van der Waals surface area contributed by atoms with Gasteiger partial charge in [0, 0.05) is 23.3 Å². The number of aromatic nitrogens is 2. The zero-order chi connectivity index (χ0) is 22.3. The smallest absolute Gasteiger partial charge is 0.238 e. The van der Waals surface area contributed by atoms with Crippen molar-refractivity contribution in [1.82, 2.24) is 14.5 Å². The molecular weight excluding hydrogens is 468 g/mol. The van der Waals surface area contributed by atoms with Crippen molar-refractivity contribution >= 4 is 38.6 Å². The Morgan fingerprint density at radius 3 is 2.69 bits per heavy atom. The van der Waals surface area contributed by atoms with Gasteiger partial charge in [0.25, 0.3) is 0 Å². The number of halogens is 1. The van der Waals surface area contributed by atoms with Crippen LogP contribution in [0.4, 0.5) is 5.69 Å². The zero-order valence-corrected chi connectivity index (χ0v) is 20.0. The van der Waals surface area contributed by atoms with Crippen molar-refractivity contribution in [3.8, 4) is 0 Å². The van der Waals surface area contributed by atoms with Crippen molar-refractivity contribution in [2.24, 2.45) is 0 Å². The van der Waals surface area contributed by atoms with Gasteiger partial charge in [0.1, 0.15) is 5.82 Å². The quantitative estimate of drug-likeness (QED) is 0.522. The molecule has 6 nitrogen and oxygen atoms in total. The number of aliphatic hydroxyl groups is 1. The molecular formula is C25H29BrN4O2. The fourth-order valence-electron chi connectivity index (χ4n) is 5.28. The van der Waals surface area contributed by atoms with E-state index in [0.29, 0.717) is 6.54 Å². The third-order valence-corrected chi connectivity index (χ3v) is 7.58. The number of likely N-dealkylation sites (tertiary alicyclic amines) is 1. The van der Waals surface area contributed by atoms with Crippen LogP contribution in [0.25, 0.3) is 11.0 Å². The number of piperidine rings is 1. The Morgan fingerprint density at radius 1 is 1.12 bits per heavy atom. The van der Waals surface area contributed by atoms with E-state index < -0.39 is 5.41 Å². The second-order valence-corrected chi connectivity index (χ2v) is 9.95. The molecule has 32 heavy (non-hydrogen) atoms. The number of imidazole rings is 1. The lowest BCUT2D eigenvalue weighted by Gasteiger charge is -2.36. The molecule has 1 saturated heterocycles. The Bertz CT molecular complexity index is 1150. The first-order valence-electron chi connectivity index (χ1n) is 11.4. The number of rotatable bonds is 6.